The van der Waals surface area contributed by atoms with Gasteiger partial charge in [0.25, 0.3) is 5.91 Å². The van der Waals surface area contributed by atoms with Crippen LogP contribution in [0.4, 0.5) is 10.6 Å². The van der Waals surface area contributed by atoms with Gasteiger partial charge < -0.3 is 20.2 Å². The Labute approximate surface area is 177 Å². The van der Waals surface area contributed by atoms with E-state index < -0.39 is 12.1 Å². The van der Waals surface area contributed by atoms with E-state index >= 15 is 0 Å². The van der Waals surface area contributed by atoms with Crippen molar-refractivity contribution in [2.24, 2.45) is 0 Å². The standard InChI is InChI=1S/C19H19Cl2N5O3/c1-11-16(18(27)24-6-8-25(9-7-24)19(28)29)17(26-15(23-11)4-5-22-26)12-2-3-13(20)14(21)10-12/h2-5,10,17,23H,6-9H2,1H3,(H,28,29). The van der Waals surface area contributed by atoms with E-state index in [1.54, 1.807) is 27.9 Å². The number of carbonyl (C=O) groups excluding carboxylic acids is 1. The molecule has 3 heterocycles. The van der Waals surface area contributed by atoms with Crippen molar-refractivity contribution in [3.05, 3.63) is 57.3 Å². The predicted molar refractivity (Wildman–Crippen MR) is 109 cm³/mol. The van der Waals surface area contributed by atoms with Crippen molar-refractivity contribution in [2.45, 2.75) is 13.0 Å². The Morgan fingerprint density at radius 3 is 2.45 bits per heavy atom. The van der Waals surface area contributed by atoms with Crippen LogP contribution >= 0.6 is 23.2 Å². The number of allylic oxidation sites excluding steroid dienone is 1. The Morgan fingerprint density at radius 2 is 1.79 bits per heavy atom. The fourth-order valence-corrected chi connectivity index (χ4v) is 4.05. The fraction of sp³-hybridized carbons (Fsp3) is 0.316. The number of amides is 2. The molecule has 4 rings (SSSR count). The van der Waals surface area contributed by atoms with Crippen molar-refractivity contribution < 1.29 is 14.7 Å². The average molecular weight is 436 g/mol. The highest BCUT2D eigenvalue weighted by Crippen LogP contribution is 2.38. The number of rotatable bonds is 2. The molecule has 0 spiro atoms. The van der Waals surface area contributed by atoms with Gasteiger partial charge >= 0.3 is 6.09 Å². The summed E-state index contributed by atoms with van der Waals surface area (Å²) in [4.78, 5) is 27.6. The summed E-state index contributed by atoms with van der Waals surface area (Å²) in [7, 11) is 0. The van der Waals surface area contributed by atoms with Crippen LogP contribution in [0, 0.1) is 0 Å². The van der Waals surface area contributed by atoms with Gasteiger partial charge in [0.15, 0.2) is 0 Å². The van der Waals surface area contributed by atoms with Gasteiger partial charge in [-0.1, -0.05) is 29.3 Å². The van der Waals surface area contributed by atoms with Gasteiger partial charge in [0.05, 0.1) is 21.8 Å². The molecule has 8 nitrogen and oxygen atoms in total. The second kappa shape index (κ2) is 7.61. The van der Waals surface area contributed by atoms with Gasteiger partial charge in [0.1, 0.15) is 11.9 Å². The van der Waals surface area contributed by atoms with E-state index in [9.17, 15) is 9.59 Å². The number of carboxylic acid groups (broad SMARTS) is 1. The number of hydrogen-bond acceptors (Lipinski definition) is 4. The third-order valence-corrected chi connectivity index (χ3v) is 5.97. The lowest BCUT2D eigenvalue weighted by Gasteiger charge is -2.37. The number of hydrogen-bond donors (Lipinski definition) is 2. The van der Waals surface area contributed by atoms with E-state index in [1.165, 1.54) is 4.90 Å². The summed E-state index contributed by atoms with van der Waals surface area (Å²) >= 11 is 12.3. The largest absolute Gasteiger partial charge is 0.465 e. The van der Waals surface area contributed by atoms with Crippen molar-refractivity contribution in [3.8, 4) is 0 Å². The smallest absolute Gasteiger partial charge is 0.407 e. The Bertz CT molecular complexity index is 1010. The van der Waals surface area contributed by atoms with Crippen LogP contribution in [0.25, 0.3) is 0 Å². The van der Waals surface area contributed by atoms with Crippen LogP contribution in [0.2, 0.25) is 10.0 Å². The first-order chi connectivity index (χ1) is 13.9. The molecule has 2 amide bonds. The zero-order valence-electron chi connectivity index (χ0n) is 15.6. The van der Waals surface area contributed by atoms with Crippen LogP contribution in [0.1, 0.15) is 18.5 Å². The van der Waals surface area contributed by atoms with Gasteiger partial charge in [-0.15, -0.1) is 0 Å². The van der Waals surface area contributed by atoms with E-state index in [1.807, 2.05) is 19.1 Å². The molecule has 1 unspecified atom stereocenters. The molecule has 1 fully saturated rings. The van der Waals surface area contributed by atoms with E-state index in [4.69, 9.17) is 28.3 Å². The lowest BCUT2D eigenvalue weighted by atomic mass is 9.94. The Kier molecular flexibility index (Phi) is 5.14. The number of nitrogens with zero attached hydrogens (tertiary/aromatic N) is 4. The predicted octanol–water partition coefficient (Wildman–Crippen LogP) is 3.30. The molecule has 2 N–H and O–H groups in total. The Balaban J connectivity index is 1.71. The van der Waals surface area contributed by atoms with Gasteiger partial charge in [-0.3, -0.25) is 4.79 Å². The minimum Gasteiger partial charge on any atom is -0.465 e. The van der Waals surface area contributed by atoms with Crippen LogP contribution in [0.15, 0.2) is 41.7 Å². The molecule has 1 atom stereocenters. The molecule has 0 saturated carbocycles. The minimum absolute atomic E-state index is 0.155. The molecule has 2 aliphatic rings. The molecular formula is C19H19Cl2N5O3. The van der Waals surface area contributed by atoms with E-state index in [-0.39, 0.29) is 19.0 Å². The van der Waals surface area contributed by atoms with Crippen LogP contribution in [-0.2, 0) is 4.79 Å². The zero-order valence-corrected chi connectivity index (χ0v) is 17.1. The SMILES string of the molecule is CC1=C(C(=O)N2CCN(C(=O)O)CC2)C(c2ccc(Cl)c(Cl)c2)n2nccc2N1. The second-order valence-electron chi connectivity index (χ2n) is 6.96. The highest BCUT2D eigenvalue weighted by Gasteiger charge is 2.36. The first-order valence-corrected chi connectivity index (χ1v) is 9.86. The molecule has 1 saturated heterocycles. The van der Waals surface area contributed by atoms with Crippen molar-refractivity contribution in [3.63, 3.8) is 0 Å². The highest BCUT2D eigenvalue weighted by atomic mass is 35.5. The van der Waals surface area contributed by atoms with Crippen LogP contribution < -0.4 is 5.32 Å². The molecular weight excluding hydrogens is 417 g/mol. The van der Waals surface area contributed by atoms with Crippen LogP contribution in [0.3, 0.4) is 0 Å². The summed E-state index contributed by atoms with van der Waals surface area (Å²) in [5, 5.41) is 17.6. The van der Waals surface area contributed by atoms with Gasteiger partial charge in [0, 0.05) is 37.9 Å². The molecule has 0 aliphatic carbocycles. The highest BCUT2D eigenvalue weighted by molar-refractivity contribution is 6.42. The third kappa shape index (κ3) is 3.54. The van der Waals surface area contributed by atoms with Crippen LogP contribution in [0.5, 0.6) is 0 Å². The van der Waals surface area contributed by atoms with Crippen LogP contribution in [-0.4, -0.2) is 62.9 Å². The summed E-state index contributed by atoms with van der Waals surface area (Å²) in [5.74, 6) is 0.614. The maximum absolute atomic E-state index is 13.5. The number of anilines is 1. The van der Waals surface area contributed by atoms with Crippen molar-refractivity contribution in [1.29, 1.82) is 0 Å². The summed E-state index contributed by atoms with van der Waals surface area (Å²) in [6.45, 7) is 3.09. The van der Waals surface area contributed by atoms with Crippen molar-refractivity contribution in [1.82, 2.24) is 19.6 Å². The van der Waals surface area contributed by atoms with E-state index in [0.717, 1.165) is 17.1 Å². The second-order valence-corrected chi connectivity index (χ2v) is 7.78. The number of halogens is 2. The molecule has 1 aromatic carbocycles. The molecule has 2 aromatic rings. The van der Waals surface area contributed by atoms with Crippen molar-refractivity contribution in [2.75, 3.05) is 31.5 Å². The molecule has 2 aliphatic heterocycles. The van der Waals surface area contributed by atoms with Gasteiger partial charge in [-0.2, -0.15) is 5.10 Å². The fourth-order valence-electron chi connectivity index (χ4n) is 3.74. The number of carbonyl (C=O) groups is 2. The summed E-state index contributed by atoms with van der Waals surface area (Å²) in [6, 6.07) is 6.64. The first-order valence-electron chi connectivity index (χ1n) is 9.10. The van der Waals surface area contributed by atoms with E-state index in [2.05, 4.69) is 10.4 Å². The Morgan fingerprint density at radius 1 is 1.10 bits per heavy atom. The lowest BCUT2D eigenvalue weighted by Crippen LogP contribution is -2.51. The minimum atomic E-state index is -0.971. The number of fused-ring (bicyclic) bond motifs is 1. The maximum Gasteiger partial charge on any atom is 0.407 e. The topological polar surface area (TPSA) is 90.7 Å². The van der Waals surface area contributed by atoms with Gasteiger partial charge in [-0.05, 0) is 24.6 Å². The molecule has 152 valence electrons. The molecule has 1 aromatic heterocycles. The number of benzene rings is 1. The van der Waals surface area contributed by atoms with Crippen molar-refractivity contribution >= 4 is 41.0 Å². The molecule has 0 radical (unpaired) electrons. The summed E-state index contributed by atoms with van der Waals surface area (Å²) in [5.41, 5.74) is 2.06. The van der Waals surface area contributed by atoms with Gasteiger partial charge in [0.2, 0.25) is 0 Å². The first kappa shape index (κ1) is 19.6. The maximum atomic E-state index is 13.5. The summed E-state index contributed by atoms with van der Waals surface area (Å²) < 4.78 is 1.74. The monoisotopic (exact) mass is 435 g/mol. The molecule has 0 bridgehead atoms. The normalized spacial score (nSPS) is 19.1. The van der Waals surface area contributed by atoms with E-state index in [0.29, 0.717) is 28.7 Å². The summed E-state index contributed by atoms with van der Waals surface area (Å²) in [6.07, 6.45) is 0.695. The zero-order chi connectivity index (χ0) is 20.7. The number of nitrogens with one attached hydrogen (secondary N) is 1. The molecule has 29 heavy (non-hydrogen) atoms. The Hall–Kier alpha value is -2.71. The quantitative estimate of drug-likeness (QED) is 0.754. The number of aromatic nitrogens is 2. The number of piperazine rings is 1. The lowest BCUT2D eigenvalue weighted by molar-refractivity contribution is -0.129. The average Bonchev–Trinajstić information content (AvgIpc) is 3.16. The third-order valence-electron chi connectivity index (χ3n) is 5.24. The molecule has 10 heteroatoms. The van der Waals surface area contributed by atoms with Gasteiger partial charge in [-0.25, -0.2) is 9.48 Å².